The highest BCUT2D eigenvalue weighted by Crippen LogP contribution is 2.37. The maximum atomic E-state index is 10.5. The van der Waals surface area contributed by atoms with Crippen LogP contribution in [0.4, 0.5) is 0 Å². The van der Waals surface area contributed by atoms with Crippen molar-refractivity contribution in [2.24, 2.45) is 11.8 Å². The van der Waals surface area contributed by atoms with Gasteiger partial charge in [-0.25, -0.2) is 0 Å². The van der Waals surface area contributed by atoms with E-state index in [0.29, 0.717) is 0 Å². The Bertz CT molecular complexity index is 307. The zero-order valence-electron chi connectivity index (χ0n) is 10.3. The Morgan fingerprint density at radius 2 is 2.12 bits per heavy atom. The average molecular weight is 238 g/mol. The molecule has 2 rings (SSSR count). The van der Waals surface area contributed by atoms with Crippen molar-refractivity contribution < 1.29 is 5.11 Å². The molecule has 1 aliphatic carbocycles. The molecule has 0 bridgehead atoms. The highest BCUT2D eigenvalue weighted by molar-refractivity contribution is 7.07. The van der Waals surface area contributed by atoms with E-state index < -0.39 is 5.60 Å². The largest absolute Gasteiger partial charge is 0.390 e. The molecule has 90 valence electrons. The van der Waals surface area contributed by atoms with Crippen molar-refractivity contribution in [2.75, 3.05) is 0 Å². The van der Waals surface area contributed by atoms with Crippen LogP contribution in [0.2, 0.25) is 0 Å². The lowest BCUT2D eigenvalue weighted by Gasteiger charge is -2.37. The molecule has 1 heterocycles. The monoisotopic (exact) mass is 238 g/mol. The second kappa shape index (κ2) is 4.89. The van der Waals surface area contributed by atoms with E-state index in [1.807, 2.05) is 0 Å². The minimum Gasteiger partial charge on any atom is -0.390 e. The van der Waals surface area contributed by atoms with Gasteiger partial charge in [0.1, 0.15) is 0 Å². The topological polar surface area (TPSA) is 20.2 Å². The van der Waals surface area contributed by atoms with E-state index in [1.54, 1.807) is 11.3 Å². The second-order valence-electron chi connectivity index (χ2n) is 5.61. The minimum atomic E-state index is -0.424. The summed E-state index contributed by atoms with van der Waals surface area (Å²) >= 11 is 1.72. The van der Waals surface area contributed by atoms with Gasteiger partial charge in [0.25, 0.3) is 0 Å². The van der Waals surface area contributed by atoms with Crippen molar-refractivity contribution in [3.8, 4) is 0 Å². The zero-order valence-corrected chi connectivity index (χ0v) is 11.1. The van der Waals surface area contributed by atoms with Crippen molar-refractivity contribution >= 4 is 11.3 Å². The third kappa shape index (κ3) is 2.86. The number of rotatable bonds is 3. The fourth-order valence-corrected chi connectivity index (χ4v) is 3.46. The molecule has 0 spiro atoms. The molecule has 0 aliphatic heterocycles. The zero-order chi connectivity index (χ0) is 11.6. The van der Waals surface area contributed by atoms with E-state index in [2.05, 4.69) is 30.7 Å². The van der Waals surface area contributed by atoms with Crippen LogP contribution in [-0.2, 0) is 6.42 Å². The van der Waals surface area contributed by atoms with Crippen molar-refractivity contribution in [3.63, 3.8) is 0 Å². The van der Waals surface area contributed by atoms with Crippen molar-refractivity contribution in [1.29, 1.82) is 0 Å². The van der Waals surface area contributed by atoms with Crippen LogP contribution in [0.3, 0.4) is 0 Å². The first-order chi connectivity index (χ1) is 7.59. The molecular weight excluding hydrogens is 216 g/mol. The SMILES string of the molecule is CC(C)C1CCC(O)(Cc2ccsc2)CC1. The summed E-state index contributed by atoms with van der Waals surface area (Å²) in [6.07, 6.45) is 5.19. The lowest BCUT2D eigenvalue weighted by molar-refractivity contribution is -0.0145. The van der Waals surface area contributed by atoms with E-state index in [9.17, 15) is 5.11 Å². The Labute approximate surface area is 103 Å². The standard InChI is InChI=1S/C14H22OS/c1-11(2)13-3-6-14(15,7-4-13)9-12-5-8-16-10-12/h5,8,10-11,13,15H,3-4,6-7,9H2,1-2H3. The van der Waals surface area contributed by atoms with Gasteiger partial charge in [-0.1, -0.05) is 13.8 Å². The number of thiophene rings is 1. The van der Waals surface area contributed by atoms with Crippen LogP contribution in [-0.4, -0.2) is 10.7 Å². The van der Waals surface area contributed by atoms with E-state index >= 15 is 0 Å². The molecule has 1 N–H and O–H groups in total. The molecule has 1 aliphatic rings. The first-order valence-electron chi connectivity index (χ1n) is 6.32. The van der Waals surface area contributed by atoms with Crippen molar-refractivity contribution in [1.82, 2.24) is 0 Å². The molecular formula is C14H22OS. The predicted octanol–water partition coefficient (Wildman–Crippen LogP) is 3.87. The molecule has 0 atom stereocenters. The van der Waals surface area contributed by atoms with Gasteiger partial charge >= 0.3 is 0 Å². The molecule has 1 nitrogen and oxygen atoms in total. The average Bonchev–Trinajstić information content (AvgIpc) is 2.70. The van der Waals surface area contributed by atoms with E-state index in [1.165, 1.54) is 18.4 Å². The summed E-state index contributed by atoms with van der Waals surface area (Å²) in [6.45, 7) is 4.60. The first kappa shape index (κ1) is 12.1. The van der Waals surface area contributed by atoms with Crippen LogP contribution in [0.15, 0.2) is 16.8 Å². The van der Waals surface area contributed by atoms with Crippen LogP contribution >= 0.6 is 11.3 Å². The molecule has 0 amide bonds. The maximum Gasteiger partial charge on any atom is 0.0688 e. The lowest BCUT2D eigenvalue weighted by atomic mass is 9.73. The fraction of sp³-hybridized carbons (Fsp3) is 0.714. The molecule has 2 heteroatoms. The summed E-state index contributed by atoms with van der Waals surface area (Å²) in [7, 11) is 0. The fourth-order valence-electron chi connectivity index (χ4n) is 2.79. The molecule has 1 aromatic rings. The Hall–Kier alpha value is -0.340. The second-order valence-corrected chi connectivity index (χ2v) is 6.39. The highest BCUT2D eigenvalue weighted by atomic mass is 32.1. The maximum absolute atomic E-state index is 10.5. The van der Waals surface area contributed by atoms with Gasteiger partial charge in [-0.05, 0) is 59.9 Å². The van der Waals surface area contributed by atoms with Gasteiger partial charge in [-0.2, -0.15) is 11.3 Å². The number of aliphatic hydroxyl groups is 1. The minimum absolute atomic E-state index is 0.424. The number of hydrogen-bond acceptors (Lipinski definition) is 2. The number of hydrogen-bond donors (Lipinski definition) is 1. The van der Waals surface area contributed by atoms with E-state index in [0.717, 1.165) is 31.1 Å². The third-order valence-electron chi connectivity index (χ3n) is 4.02. The van der Waals surface area contributed by atoms with E-state index in [-0.39, 0.29) is 0 Å². The predicted molar refractivity (Wildman–Crippen MR) is 69.8 cm³/mol. The molecule has 0 unspecified atom stereocenters. The van der Waals surface area contributed by atoms with E-state index in [4.69, 9.17) is 0 Å². The summed E-state index contributed by atoms with van der Waals surface area (Å²) in [6, 6.07) is 2.14. The van der Waals surface area contributed by atoms with Gasteiger partial charge in [0.05, 0.1) is 5.60 Å². The molecule has 16 heavy (non-hydrogen) atoms. The highest BCUT2D eigenvalue weighted by Gasteiger charge is 2.34. The van der Waals surface area contributed by atoms with Crippen LogP contribution in [0.25, 0.3) is 0 Å². The molecule has 1 aromatic heterocycles. The van der Waals surface area contributed by atoms with Gasteiger partial charge in [0.2, 0.25) is 0 Å². The Kier molecular flexibility index (Phi) is 3.70. The van der Waals surface area contributed by atoms with Gasteiger partial charge in [0.15, 0.2) is 0 Å². The van der Waals surface area contributed by atoms with Crippen molar-refractivity contribution in [2.45, 2.75) is 51.6 Å². The summed E-state index contributed by atoms with van der Waals surface area (Å²) in [5, 5.41) is 14.8. The van der Waals surface area contributed by atoms with Gasteiger partial charge in [-0.15, -0.1) is 0 Å². The normalized spacial score (nSPS) is 30.9. The first-order valence-corrected chi connectivity index (χ1v) is 7.27. The van der Waals surface area contributed by atoms with Gasteiger partial charge < -0.3 is 5.11 Å². The van der Waals surface area contributed by atoms with Crippen LogP contribution in [0, 0.1) is 11.8 Å². The Balaban J connectivity index is 1.91. The lowest BCUT2D eigenvalue weighted by Crippen LogP contribution is -2.37. The smallest absolute Gasteiger partial charge is 0.0688 e. The molecule has 1 fully saturated rings. The molecule has 0 saturated heterocycles. The quantitative estimate of drug-likeness (QED) is 0.847. The summed E-state index contributed by atoms with van der Waals surface area (Å²) < 4.78 is 0. The molecule has 0 aromatic carbocycles. The summed E-state index contributed by atoms with van der Waals surface area (Å²) in [5.74, 6) is 1.59. The van der Waals surface area contributed by atoms with Gasteiger partial charge in [0, 0.05) is 6.42 Å². The van der Waals surface area contributed by atoms with Crippen LogP contribution < -0.4 is 0 Å². The van der Waals surface area contributed by atoms with Crippen LogP contribution in [0.5, 0.6) is 0 Å². The van der Waals surface area contributed by atoms with Crippen LogP contribution in [0.1, 0.15) is 45.1 Å². The van der Waals surface area contributed by atoms with Crippen molar-refractivity contribution in [3.05, 3.63) is 22.4 Å². The Morgan fingerprint density at radius 1 is 1.44 bits per heavy atom. The molecule has 0 radical (unpaired) electrons. The summed E-state index contributed by atoms with van der Waals surface area (Å²) in [5.41, 5.74) is 0.877. The Morgan fingerprint density at radius 3 is 2.62 bits per heavy atom. The summed E-state index contributed by atoms with van der Waals surface area (Å²) in [4.78, 5) is 0. The third-order valence-corrected chi connectivity index (χ3v) is 4.75. The molecule has 1 saturated carbocycles. The van der Waals surface area contributed by atoms with Gasteiger partial charge in [-0.3, -0.25) is 0 Å².